The summed E-state index contributed by atoms with van der Waals surface area (Å²) in [6.07, 6.45) is 0. The largest absolute Gasteiger partial charge is 0.478 e. The van der Waals surface area contributed by atoms with Crippen molar-refractivity contribution in [2.45, 2.75) is 25.6 Å². The first kappa shape index (κ1) is 16.7. The molecule has 0 bridgehead atoms. The van der Waals surface area contributed by atoms with Crippen LogP contribution < -0.4 is 0 Å². The molecule has 6 heteroatoms. The molecule has 0 amide bonds. The summed E-state index contributed by atoms with van der Waals surface area (Å²) in [6, 6.07) is 6.60. The number of carboxylic acid groups (broad SMARTS) is 1. The van der Waals surface area contributed by atoms with Gasteiger partial charge in [0.05, 0.1) is 16.6 Å². The number of carbonyl (C=O) groups is 1. The highest BCUT2D eigenvalue weighted by Gasteiger charge is 2.16. The van der Waals surface area contributed by atoms with Gasteiger partial charge in [-0.1, -0.05) is 12.1 Å². The standard InChI is InChI=1S/C14H21NO4S/c1-11(2)20(18,19)9-8-15(3)10-12-4-6-13(7-5-12)14(16)17/h4-7,11H,8-10H2,1-3H3,(H,16,17). The van der Waals surface area contributed by atoms with E-state index in [0.29, 0.717) is 13.1 Å². The van der Waals surface area contributed by atoms with Crippen LogP contribution in [0.1, 0.15) is 29.8 Å². The van der Waals surface area contributed by atoms with Crippen LogP contribution in [0.2, 0.25) is 0 Å². The van der Waals surface area contributed by atoms with Gasteiger partial charge >= 0.3 is 5.97 Å². The second-order valence-electron chi connectivity index (χ2n) is 5.16. The number of hydrogen-bond acceptors (Lipinski definition) is 4. The Kier molecular flexibility index (Phi) is 5.71. The number of benzene rings is 1. The van der Waals surface area contributed by atoms with E-state index in [1.54, 1.807) is 38.1 Å². The topological polar surface area (TPSA) is 74.7 Å². The van der Waals surface area contributed by atoms with Crippen molar-refractivity contribution in [1.29, 1.82) is 0 Å². The molecule has 0 aliphatic carbocycles. The van der Waals surface area contributed by atoms with Gasteiger partial charge in [0.25, 0.3) is 0 Å². The van der Waals surface area contributed by atoms with Crippen LogP contribution in [-0.4, -0.2) is 49.0 Å². The summed E-state index contributed by atoms with van der Waals surface area (Å²) in [4.78, 5) is 12.6. The van der Waals surface area contributed by atoms with E-state index in [1.165, 1.54) is 0 Å². The predicted molar refractivity (Wildman–Crippen MR) is 78.7 cm³/mol. The summed E-state index contributed by atoms with van der Waals surface area (Å²) >= 11 is 0. The molecule has 0 aliphatic heterocycles. The van der Waals surface area contributed by atoms with Gasteiger partial charge in [-0.05, 0) is 38.6 Å². The normalized spacial score (nSPS) is 12.1. The van der Waals surface area contributed by atoms with Crippen molar-refractivity contribution in [1.82, 2.24) is 4.90 Å². The SMILES string of the molecule is CC(C)S(=O)(=O)CCN(C)Cc1ccc(C(=O)O)cc1. The molecule has 0 aromatic heterocycles. The zero-order valence-corrected chi connectivity index (χ0v) is 12.9. The van der Waals surface area contributed by atoms with Gasteiger partial charge < -0.3 is 10.0 Å². The maximum atomic E-state index is 11.7. The van der Waals surface area contributed by atoms with Crippen LogP contribution in [0.5, 0.6) is 0 Å². The summed E-state index contributed by atoms with van der Waals surface area (Å²) in [5, 5.41) is 8.45. The fraction of sp³-hybridized carbons (Fsp3) is 0.500. The number of carboxylic acids is 1. The van der Waals surface area contributed by atoms with Crippen LogP contribution in [0, 0.1) is 0 Å². The summed E-state index contributed by atoms with van der Waals surface area (Å²) in [7, 11) is -1.17. The van der Waals surface area contributed by atoms with Gasteiger partial charge in [-0.25, -0.2) is 13.2 Å². The first-order valence-electron chi connectivity index (χ1n) is 6.44. The number of sulfone groups is 1. The van der Waals surface area contributed by atoms with Crippen LogP contribution in [0.4, 0.5) is 0 Å². The molecule has 0 saturated heterocycles. The Morgan fingerprint density at radius 1 is 1.25 bits per heavy atom. The molecule has 0 radical (unpaired) electrons. The van der Waals surface area contributed by atoms with E-state index < -0.39 is 15.8 Å². The van der Waals surface area contributed by atoms with E-state index in [1.807, 2.05) is 11.9 Å². The number of rotatable bonds is 7. The Balaban J connectivity index is 2.54. The lowest BCUT2D eigenvalue weighted by Crippen LogP contribution is -2.28. The average molecular weight is 299 g/mol. The average Bonchev–Trinajstić information content (AvgIpc) is 2.37. The van der Waals surface area contributed by atoms with Gasteiger partial charge in [0, 0.05) is 13.1 Å². The molecule has 0 atom stereocenters. The first-order valence-corrected chi connectivity index (χ1v) is 8.16. The molecule has 20 heavy (non-hydrogen) atoms. The van der Waals surface area contributed by atoms with Crippen LogP contribution in [-0.2, 0) is 16.4 Å². The molecule has 0 unspecified atom stereocenters. The minimum atomic E-state index is -3.02. The van der Waals surface area contributed by atoms with E-state index in [4.69, 9.17) is 5.11 Å². The Morgan fingerprint density at radius 2 is 1.80 bits per heavy atom. The van der Waals surface area contributed by atoms with Gasteiger partial charge in [-0.3, -0.25) is 0 Å². The molecule has 5 nitrogen and oxygen atoms in total. The Bertz CT molecular complexity index is 549. The van der Waals surface area contributed by atoms with Crippen molar-refractivity contribution in [2.24, 2.45) is 0 Å². The highest BCUT2D eigenvalue weighted by Crippen LogP contribution is 2.08. The van der Waals surface area contributed by atoms with E-state index in [0.717, 1.165) is 5.56 Å². The Hall–Kier alpha value is -1.40. The van der Waals surface area contributed by atoms with Crippen molar-refractivity contribution in [3.05, 3.63) is 35.4 Å². The zero-order valence-electron chi connectivity index (χ0n) is 12.0. The highest BCUT2D eigenvalue weighted by molar-refractivity contribution is 7.92. The number of aromatic carboxylic acids is 1. The van der Waals surface area contributed by atoms with Crippen molar-refractivity contribution >= 4 is 15.8 Å². The summed E-state index contributed by atoms with van der Waals surface area (Å²) in [5.74, 6) is -0.818. The number of nitrogens with zero attached hydrogens (tertiary/aromatic N) is 1. The van der Waals surface area contributed by atoms with E-state index in [-0.39, 0.29) is 16.6 Å². The van der Waals surface area contributed by atoms with Crippen molar-refractivity contribution in [3.8, 4) is 0 Å². The summed E-state index contributed by atoms with van der Waals surface area (Å²) in [6.45, 7) is 4.41. The van der Waals surface area contributed by atoms with Crippen molar-refractivity contribution < 1.29 is 18.3 Å². The molecule has 0 heterocycles. The molecule has 1 aromatic carbocycles. The quantitative estimate of drug-likeness (QED) is 0.828. The maximum Gasteiger partial charge on any atom is 0.335 e. The molecule has 1 aromatic rings. The fourth-order valence-corrected chi connectivity index (χ4v) is 2.70. The molecule has 112 valence electrons. The number of hydrogen-bond donors (Lipinski definition) is 1. The van der Waals surface area contributed by atoms with Gasteiger partial charge in [-0.15, -0.1) is 0 Å². The minimum absolute atomic E-state index is 0.133. The minimum Gasteiger partial charge on any atom is -0.478 e. The van der Waals surface area contributed by atoms with Crippen LogP contribution in [0.3, 0.4) is 0 Å². The molecule has 0 aliphatic rings. The lowest BCUT2D eigenvalue weighted by molar-refractivity contribution is 0.0697. The van der Waals surface area contributed by atoms with Crippen LogP contribution in [0.15, 0.2) is 24.3 Å². The predicted octanol–water partition coefficient (Wildman–Crippen LogP) is 1.64. The molecular weight excluding hydrogens is 278 g/mol. The van der Waals surface area contributed by atoms with Gasteiger partial charge in [-0.2, -0.15) is 0 Å². The van der Waals surface area contributed by atoms with Crippen LogP contribution in [0.25, 0.3) is 0 Å². The summed E-state index contributed by atoms with van der Waals surface area (Å²) < 4.78 is 23.4. The smallest absolute Gasteiger partial charge is 0.335 e. The third-order valence-electron chi connectivity index (χ3n) is 3.13. The summed E-state index contributed by atoms with van der Waals surface area (Å²) in [5.41, 5.74) is 1.21. The molecule has 0 saturated carbocycles. The Morgan fingerprint density at radius 3 is 2.25 bits per heavy atom. The zero-order chi connectivity index (χ0) is 15.3. The highest BCUT2D eigenvalue weighted by atomic mass is 32.2. The van der Waals surface area contributed by atoms with E-state index in [9.17, 15) is 13.2 Å². The molecular formula is C14H21NO4S. The lowest BCUT2D eigenvalue weighted by Gasteiger charge is -2.17. The molecule has 1 rings (SSSR count). The third-order valence-corrected chi connectivity index (χ3v) is 5.32. The second kappa shape index (κ2) is 6.85. The fourth-order valence-electron chi connectivity index (χ4n) is 1.66. The maximum absolute atomic E-state index is 11.7. The van der Waals surface area contributed by atoms with Gasteiger partial charge in [0.1, 0.15) is 0 Å². The van der Waals surface area contributed by atoms with Crippen molar-refractivity contribution in [3.63, 3.8) is 0 Å². The van der Waals surface area contributed by atoms with Crippen LogP contribution >= 0.6 is 0 Å². The van der Waals surface area contributed by atoms with Gasteiger partial charge in [0.2, 0.25) is 0 Å². The third kappa shape index (κ3) is 4.94. The first-order chi connectivity index (χ1) is 9.22. The molecule has 0 spiro atoms. The molecule has 1 N–H and O–H groups in total. The van der Waals surface area contributed by atoms with Gasteiger partial charge in [0.15, 0.2) is 9.84 Å². The Labute approximate surface area is 120 Å². The van der Waals surface area contributed by atoms with E-state index in [2.05, 4.69) is 0 Å². The van der Waals surface area contributed by atoms with Crippen molar-refractivity contribution in [2.75, 3.05) is 19.3 Å². The van der Waals surface area contributed by atoms with E-state index >= 15 is 0 Å². The lowest BCUT2D eigenvalue weighted by atomic mass is 10.1. The molecule has 0 fully saturated rings. The monoisotopic (exact) mass is 299 g/mol. The second-order valence-corrected chi connectivity index (χ2v) is 7.83.